The average molecular weight is 210 g/mol. The van der Waals surface area contributed by atoms with Crippen molar-refractivity contribution >= 4 is 0 Å². The molecule has 0 spiro atoms. The van der Waals surface area contributed by atoms with Crippen LogP contribution in [-0.4, -0.2) is 38.1 Å². The SMILES string of the molecule is CN1CCNCC(C)(C2CCCCC2)C1. The average Bonchev–Trinajstić information content (AvgIpc) is 2.42. The van der Waals surface area contributed by atoms with E-state index in [-0.39, 0.29) is 0 Å². The van der Waals surface area contributed by atoms with Gasteiger partial charge in [-0.15, -0.1) is 0 Å². The van der Waals surface area contributed by atoms with Gasteiger partial charge < -0.3 is 10.2 Å². The molecule has 2 heteroatoms. The molecule has 1 saturated carbocycles. The molecule has 1 heterocycles. The fourth-order valence-electron chi connectivity index (χ4n) is 3.47. The Labute approximate surface area is 94.4 Å². The van der Waals surface area contributed by atoms with Crippen molar-refractivity contribution in [3.63, 3.8) is 0 Å². The van der Waals surface area contributed by atoms with E-state index in [0.717, 1.165) is 5.92 Å². The van der Waals surface area contributed by atoms with Gasteiger partial charge in [0.25, 0.3) is 0 Å². The van der Waals surface area contributed by atoms with Gasteiger partial charge in [0.15, 0.2) is 0 Å². The zero-order valence-corrected chi connectivity index (χ0v) is 10.4. The molecule has 2 fully saturated rings. The highest BCUT2D eigenvalue weighted by Gasteiger charge is 2.36. The summed E-state index contributed by atoms with van der Waals surface area (Å²) in [6, 6.07) is 0. The molecule has 2 rings (SSSR count). The van der Waals surface area contributed by atoms with Crippen LogP contribution in [-0.2, 0) is 0 Å². The lowest BCUT2D eigenvalue weighted by molar-refractivity contribution is 0.105. The molecule has 1 aliphatic heterocycles. The van der Waals surface area contributed by atoms with Crippen LogP contribution in [0.25, 0.3) is 0 Å². The third-order valence-electron chi connectivity index (χ3n) is 4.42. The summed E-state index contributed by atoms with van der Waals surface area (Å²) < 4.78 is 0. The summed E-state index contributed by atoms with van der Waals surface area (Å²) in [4.78, 5) is 2.51. The summed E-state index contributed by atoms with van der Waals surface area (Å²) in [7, 11) is 2.27. The van der Waals surface area contributed by atoms with Crippen molar-refractivity contribution in [1.29, 1.82) is 0 Å². The Balaban J connectivity index is 2.01. The maximum absolute atomic E-state index is 3.62. The van der Waals surface area contributed by atoms with Crippen molar-refractivity contribution in [3.05, 3.63) is 0 Å². The molecule has 0 bridgehead atoms. The molecule has 2 aliphatic rings. The van der Waals surface area contributed by atoms with E-state index < -0.39 is 0 Å². The van der Waals surface area contributed by atoms with Crippen LogP contribution in [0.2, 0.25) is 0 Å². The van der Waals surface area contributed by atoms with E-state index in [1.165, 1.54) is 58.3 Å². The zero-order valence-electron chi connectivity index (χ0n) is 10.4. The van der Waals surface area contributed by atoms with E-state index in [1.54, 1.807) is 0 Å². The molecular weight excluding hydrogens is 184 g/mol. The first kappa shape index (κ1) is 11.4. The van der Waals surface area contributed by atoms with Crippen molar-refractivity contribution < 1.29 is 0 Å². The summed E-state index contributed by atoms with van der Waals surface area (Å²) in [5, 5.41) is 3.62. The summed E-state index contributed by atoms with van der Waals surface area (Å²) in [5.41, 5.74) is 0.520. The second-order valence-corrected chi connectivity index (χ2v) is 5.90. The molecule has 1 N–H and O–H groups in total. The van der Waals surface area contributed by atoms with Gasteiger partial charge in [-0.3, -0.25) is 0 Å². The fourth-order valence-corrected chi connectivity index (χ4v) is 3.47. The van der Waals surface area contributed by atoms with Crippen LogP contribution in [0.3, 0.4) is 0 Å². The number of hydrogen-bond acceptors (Lipinski definition) is 2. The summed E-state index contributed by atoms with van der Waals surface area (Å²) >= 11 is 0. The van der Waals surface area contributed by atoms with Crippen LogP contribution in [0.1, 0.15) is 39.0 Å². The summed E-state index contributed by atoms with van der Waals surface area (Å²) in [5.74, 6) is 0.958. The van der Waals surface area contributed by atoms with Crippen molar-refractivity contribution in [1.82, 2.24) is 10.2 Å². The van der Waals surface area contributed by atoms with Crippen molar-refractivity contribution in [2.45, 2.75) is 39.0 Å². The van der Waals surface area contributed by atoms with Crippen LogP contribution < -0.4 is 5.32 Å². The highest BCUT2D eigenvalue weighted by Crippen LogP contribution is 2.39. The molecule has 15 heavy (non-hydrogen) atoms. The van der Waals surface area contributed by atoms with E-state index >= 15 is 0 Å². The van der Waals surface area contributed by atoms with Gasteiger partial charge in [-0.1, -0.05) is 26.2 Å². The minimum absolute atomic E-state index is 0.520. The third kappa shape index (κ3) is 2.73. The topological polar surface area (TPSA) is 15.3 Å². The Morgan fingerprint density at radius 3 is 2.67 bits per heavy atom. The summed E-state index contributed by atoms with van der Waals surface area (Å²) in [6.07, 6.45) is 7.32. The minimum Gasteiger partial charge on any atom is -0.315 e. The monoisotopic (exact) mass is 210 g/mol. The predicted octanol–water partition coefficient (Wildman–Crippen LogP) is 2.11. The van der Waals surface area contributed by atoms with Crippen LogP contribution >= 0.6 is 0 Å². The number of likely N-dealkylation sites (N-methyl/N-ethyl adjacent to an activating group) is 1. The molecule has 0 radical (unpaired) electrons. The fraction of sp³-hybridized carbons (Fsp3) is 1.00. The van der Waals surface area contributed by atoms with Gasteiger partial charge in [0.05, 0.1) is 0 Å². The maximum Gasteiger partial charge on any atom is 0.0104 e. The lowest BCUT2D eigenvalue weighted by atomic mass is 9.69. The van der Waals surface area contributed by atoms with Gasteiger partial charge >= 0.3 is 0 Å². The predicted molar refractivity (Wildman–Crippen MR) is 65.0 cm³/mol. The molecule has 1 unspecified atom stereocenters. The van der Waals surface area contributed by atoms with Crippen molar-refractivity contribution in [3.8, 4) is 0 Å². The van der Waals surface area contributed by atoms with Crippen LogP contribution in [0, 0.1) is 11.3 Å². The Kier molecular flexibility index (Phi) is 3.68. The molecule has 88 valence electrons. The van der Waals surface area contributed by atoms with Crippen molar-refractivity contribution in [2.75, 3.05) is 33.2 Å². The quantitative estimate of drug-likeness (QED) is 0.713. The maximum atomic E-state index is 3.62. The van der Waals surface area contributed by atoms with Gasteiger partial charge in [-0.25, -0.2) is 0 Å². The molecule has 0 aromatic rings. The minimum atomic E-state index is 0.520. The molecule has 0 amide bonds. The van der Waals surface area contributed by atoms with E-state index in [2.05, 4.69) is 24.2 Å². The lowest BCUT2D eigenvalue weighted by Crippen LogP contribution is -2.42. The molecule has 2 nitrogen and oxygen atoms in total. The second kappa shape index (κ2) is 4.84. The number of nitrogens with zero attached hydrogens (tertiary/aromatic N) is 1. The molecule has 0 aromatic carbocycles. The largest absolute Gasteiger partial charge is 0.315 e. The smallest absolute Gasteiger partial charge is 0.0104 e. The first-order valence-electron chi connectivity index (χ1n) is 6.60. The first-order valence-corrected chi connectivity index (χ1v) is 6.60. The number of nitrogens with one attached hydrogen (secondary N) is 1. The van der Waals surface area contributed by atoms with Crippen LogP contribution in [0.5, 0.6) is 0 Å². The molecule has 0 aromatic heterocycles. The van der Waals surface area contributed by atoms with Gasteiger partial charge in [0.2, 0.25) is 0 Å². The Bertz CT molecular complexity index is 199. The Morgan fingerprint density at radius 1 is 1.20 bits per heavy atom. The van der Waals surface area contributed by atoms with Crippen LogP contribution in [0.15, 0.2) is 0 Å². The first-order chi connectivity index (χ1) is 7.21. The van der Waals surface area contributed by atoms with E-state index in [0.29, 0.717) is 5.41 Å². The molecule has 1 atom stereocenters. The van der Waals surface area contributed by atoms with Gasteiger partial charge in [-0.05, 0) is 31.2 Å². The molecule has 1 aliphatic carbocycles. The Morgan fingerprint density at radius 2 is 1.93 bits per heavy atom. The molecular formula is C13H26N2. The van der Waals surface area contributed by atoms with Gasteiger partial charge in [0, 0.05) is 26.2 Å². The second-order valence-electron chi connectivity index (χ2n) is 5.90. The third-order valence-corrected chi connectivity index (χ3v) is 4.42. The normalized spacial score (nSPS) is 36.4. The zero-order chi connectivity index (χ0) is 10.7. The van der Waals surface area contributed by atoms with E-state index in [1.807, 2.05) is 0 Å². The van der Waals surface area contributed by atoms with Crippen LogP contribution in [0.4, 0.5) is 0 Å². The number of rotatable bonds is 1. The highest BCUT2D eigenvalue weighted by molar-refractivity contribution is 4.90. The Hall–Kier alpha value is -0.0800. The lowest BCUT2D eigenvalue weighted by Gasteiger charge is -2.40. The van der Waals surface area contributed by atoms with Gasteiger partial charge in [-0.2, -0.15) is 0 Å². The highest BCUT2D eigenvalue weighted by atomic mass is 15.1. The van der Waals surface area contributed by atoms with Crippen molar-refractivity contribution in [2.24, 2.45) is 11.3 Å². The standard InChI is InChI=1S/C13H26N2/c1-13(12-6-4-3-5-7-12)10-14-8-9-15(2)11-13/h12,14H,3-11H2,1-2H3. The number of hydrogen-bond donors (Lipinski definition) is 1. The summed E-state index contributed by atoms with van der Waals surface area (Å²) in [6.45, 7) is 7.38. The van der Waals surface area contributed by atoms with E-state index in [4.69, 9.17) is 0 Å². The van der Waals surface area contributed by atoms with E-state index in [9.17, 15) is 0 Å². The van der Waals surface area contributed by atoms with Gasteiger partial charge in [0.1, 0.15) is 0 Å². The molecule has 1 saturated heterocycles.